The summed E-state index contributed by atoms with van der Waals surface area (Å²) in [5, 5.41) is 0.974. The van der Waals surface area contributed by atoms with Crippen LogP contribution in [0.4, 0.5) is 0 Å². The number of benzene rings is 1. The first-order valence-electron chi connectivity index (χ1n) is 5.35. The van der Waals surface area contributed by atoms with Gasteiger partial charge in [-0.05, 0) is 30.5 Å². The lowest BCUT2D eigenvalue weighted by Crippen LogP contribution is -1.99. The molecule has 0 amide bonds. The third-order valence-corrected chi connectivity index (χ3v) is 4.55. The van der Waals surface area contributed by atoms with Crippen LogP contribution in [0.15, 0.2) is 17.0 Å². The van der Waals surface area contributed by atoms with Gasteiger partial charge in [0.25, 0.3) is 10.1 Å². The summed E-state index contributed by atoms with van der Waals surface area (Å²) in [4.78, 5) is 4.42. The topological polar surface area (TPSA) is 67.3 Å². The Hall–Kier alpha value is -0.980. The maximum Gasteiger partial charge on any atom is 0.294 e. The van der Waals surface area contributed by atoms with Gasteiger partial charge in [-0.3, -0.25) is 4.55 Å². The van der Waals surface area contributed by atoms with Crippen molar-refractivity contribution in [3.63, 3.8) is 0 Å². The Morgan fingerprint density at radius 1 is 1.29 bits per heavy atom. The summed E-state index contributed by atoms with van der Waals surface area (Å²) in [5.74, 6) is 0. The average molecular weight is 271 g/mol. The SMILES string of the molecule is CCc1nc2c(CC)cc(S(=O)(=O)O)cc2s1. The lowest BCUT2D eigenvalue weighted by molar-refractivity contribution is 0.483. The maximum atomic E-state index is 11.2. The molecule has 0 bridgehead atoms. The van der Waals surface area contributed by atoms with Crippen molar-refractivity contribution in [1.82, 2.24) is 4.98 Å². The fourth-order valence-electron chi connectivity index (χ4n) is 1.69. The highest BCUT2D eigenvalue weighted by Gasteiger charge is 2.15. The summed E-state index contributed by atoms with van der Waals surface area (Å²) < 4.78 is 32.2. The second kappa shape index (κ2) is 4.36. The van der Waals surface area contributed by atoms with Crippen LogP contribution in [0.25, 0.3) is 10.2 Å². The zero-order valence-corrected chi connectivity index (χ0v) is 11.2. The van der Waals surface area contributed by atoms with E-state index in [-0.39, 0.29) is 4.90 Å². The van der Waals surface area contributed by atoms with Gasteiger partial charge in [0.2, 0.25) is 0 Å². The number of aryl methyl sites for hydroxylation is 2. The molecule has 1 heterocycles. The molecule has 0 aliphatic rings. The van der Waals surface area contributed by atoms with Crippen molar-refractivity contribution in [1.29, 1.82) is 0 Å². The minimum atomic E-state index is -4.15. The van der Waals surface area contributed by atoms with E-state index in [1.807, 2.05) is 13.8 Å². The van der Waals surface area contributed by atoms with E-state index >= 15 is 0 Å². The van der Waals surface area contributed by atoms with Gasteiger partial charge in [0.1, 0.15) is 0 Å². The van der Waals surface area contributed by atoms with Gasteiger partial charge in [-0.1, -0.05) is 13.8 Å². The zero-order chi connectivity index (χ0) is 12.6. The summed E-state index contributed by atoms with van der Waals surface area (Å²) in [6.07, 6.45) is 1.51. The van der Waals surface area contributed by atoms with Crippen LogP contribution in [0.2, 0.25) is 0 Å². The third kappa shape index (κ3) is 2.34. The zero-order valence-electron chi connectivity index (χ0n) is 9.60. The average Bonchev–Trinajstić information content (AvgIpc) is 2.69. The number of hydrogen-bond donors (Lipinski definition) is 1. The summed E-state index contributed by atoms with van der Waals surface area (Å²) >= 11 is 1.47. The predicted molar refractivity (Wildman–Crippen MR) is 68.2 cm³/mol. The molecule has 0 atom stereocenters. The largest absolute Gasteiger partial charge is 0.294 e. The molecule has 2 aromatic rings. The van der Waals surface area contributed by atoms with Crippen molar-refractivity contribution in [2.45, 2.75) is 31.6 Å². The number of thiazole rings is 1. The van der Waals surface area contributed by atoms with Gasteiger partial charge in [0, 0.05) is 0 Å². The molecule has 2 rings (SSSR count). The van der Waals surface area contributed by atoms with Gasteiger partial charge in [-0.2, -0.15) is 8.42 Å². The normalized spacial score (nSPS) is 12.2. The van der Waals surface area contributed by atoms with E-state index in [4.69, 9.17) is 4.55 Å². The number of nitrogens with zero attached hydrogens (tertiary/aromatic N) is 1. The first-order chi connectivity index (χ1) is 7.95. The van der Waals surface area contributed by atoms with Gasteiger partial charge in [-0.25, -0.2) is 4.98 Å². The fraction of sp³-hybridized carbons (Fsp3) is 0.364. The second-order valence-electron chi connectivity index (χ2n) is 3.72. The van der Waals surface area contributed by atoms with Gasteiger partial charge in [0.15, 0.2) is 0 Å². The highest BCUT2D eigenvalue weighted by Crippen LogP contribution is 2.29. The van der Waals surface area contributed by atoms with E-state index in [1.165, 1.54) is 23.5 Å². The lowest BCUT2D eigenvalue weighted by Gasteiger charge is -2.02. The first-order valence-corrected chi connectivity index (χ1v) is 7.61. The molecule has 0 saturated carbocycles. The molecule has 92 valence electrons. The molecule has 0 unspecified atom stereocenters. The smallest absolute Gasteiger partial charge is 0.282 e. The van der Waals surface area contributed by atoms with Gasteiger partial charge >= 0.3 is 0 Å². The molecule has 1 aromatic carbocycles. The summed E-state index contributed by atoms with van der Waals surface area (Å²) in [6, 6.07) is 2.98. The van der Waals surface area contributed by atoms with E-state index < -0.39 is 10.1 Å². The number of hydrogen-bond acceptors (Lipinski definition) is 4. The van der Waals surface area contributed by atoms with Crippen LogP contribution in [-0.4, -0.2) is 18.0 Å². The van der Waals surface area contributed by atoms with E-state index in [0.29, 0.717) is 6.42 Å². The molecule has 0 radical (unpaired) electrons. The maximum absolute atomic E-state index is 11.2. The van der Waals surface area contributed by atoms with Crippen molar-refractivity contribution in [2.75, 3.05) is 0 Å². The molecule has 0 aliphatic carbocycles. The standard InChI is InChI=1S/C11H13NO3S2/c1-3-7-5-8(17(13,14)15)6-9-11(7)12-10(4-2)16-9/h5-6H,3-4H2,1-2H3,(H,13,14,15). The van der Waals surface area contributed by atoms with Crippen molar-refractivity contribution >= 4 is 31.7 Å². The van der Waals surface area contributed by atoms with Crippen molar-refractivity contribution < 1.29 is 13.0 Å². The van der Waals surface area contributed by atoms with Crippen LogP contribution in [0.3, 0.4) is 0 Å². The Bertz CT molecular complexity index is 659. The van der Waals surface area contributed by atoms with Crippen LogP contribution in [-0.2, 0) is 23.0 Å². The van der Waals surface area contributed by atoms with E-state index in [1.54, 1.807) is 0 Å². The number of aromatic nitrogens is 1. The quantitative estimate of drug-likeness (QED) is 0.871. The Morgan fingerprint density at radius 2 is 2.00 bits per heavy atom. The van der Waals surface area contributed by atoms with E-state index in [9.17, 15) is 8.42 Å². The predicted octanol–water partition coefficient (Wildman–Crippen LogP) is 2.67. The van der Waals surface area contributed by atoms with E-state index in [0.717, 1.165) is 27.2 Å². The Morgan fingerprint density at radius 3 is 2.53 bits per heavy atom. The van der Waals surface area contributed by atoms with Crippen LogP contribution >= 0.6 is 11.3 Å². The first kappa shape index (κ1) is 12.5. The molecule has 4 nitrogen and oxygen atoms in total. The summed E-state index contributed by atoms with van der Waals surface area (Å²) in [7, 11) is -4.15. The fourth-order valence-corrected chi connectivity index (χ4v) is 3.31. The van der Waals surface area contributed by atoms with Crippen molar-refractivity contribution in [3.8, 4) is 0 Å². The highest BCUT2D eigenvalue weighted by molar-refractivity contribution is 7.85. The molecular weight excluding hydrogens is 258 g/mol. The highest BCUT2D eigenvalue weighted by atomic mass is 32.2. The van der Waals surface area contributed by atoms with Crippen LogP contribution in [0, 0.1) is 0 Å². The molecule has 1 N–H and O–H groups in total. The number of fused-ring (bicyclic) bond motifs is 1. The lowest BCUT2D eigenvalue weighted by atomic mass is 10.1. The second-order valence-corrected chi connectivity index (χ2v) is 6.26. The molecule has 17 heavy (non-hydrogen) atoms. The molecule has 0 spiro atoms. The molecule has 0 fully saturated rings. The number of rotatable bonds is 3. The van der Waals surface area contributed by atoms with Crippen molar-refractivity contribution in [3.05, 3.63) is 22.7 Å². The van der Waals surface area contributed by atoms with E-state index in [2.05, 4.69) is 4.98 Å². The minimum absolute atomic E-state index is 0.0480. The van der Waals surface area contributed by atoms with Crippen LogP contribution < -0.4 is 0 Å². The summed E-state index contributed by atoms with van der Waals surface area (Å²) in [5.41, 5.74) is 1.70. The molecule has 1 aromatic heterocycles. The Kier molecular flexibility index (Phi) is 3.20. The molecule has 6 heteroatoms. The minimum Gasteiger partial charge on any atom is -0.282 e. The Balaban J connectivity index is 2.77. The van der Waals surface area contributed by atoms with Gasteiger partial charge in [0.05, 0.1) is 20.1 Å². The molecular formula is C11H13NO3S2. The van der Waals surface area contributed by atoms with Crippen molar-refractivity contribution in [2.24, 2.45) is 0 Å². The van der Waals surface area contributed by atoms with Crippen LogP contribution in [0.5, 0.6) is 0 Å². The third-order valence-electron chi connectivity index (χ3n) is 2.57. The van der Waals surface area contributed by atoms with Gasteiger partial charge in [-0.15, -0.1) is 11.3 Å². The monoisotopic (exact) mass is 271 g/mol. The Labute approximate surface area is 104 Å². The molecule has 0 saturated heterocycles. The summed E-state index contributed by atoms with van der Waals surface area (Å²) in [6.45, 7) is 3.94. The van der Waals surface area contributed by atoms with Crippen LogP contribution in [0.1, 0.15) is 24.4 Å². The molecule has 0 aliphatic heterocycles. The van der Waals surface area contributed by atoms with Gasteiger partial charge < -0.3 is 0 Å².